The van der Waals surface area contributed by atoms with Gasteiger partial charge in [-0.3, -0.25) is 4.79 Å². The molecule has 1 aromatic rings. The Labute approximate surface area is 117 Å². The van der Waals surface area contributed by atoms with Crippen LogP contribution in [-0.2, 0) is 27.4 Å². The third kappa shape index (κ3) is 4.02. The topological polar surface area (TPSA) is 86.5 Å². The van der Waals surface area contributed by atoms with Crippen LogP contribution in [0, 0.1) is 0 Å². The third-order valence-corrected chi connectivity index (χ3v) is 2.76. The summed E-state index contributed by atoms with van der Waals surface area (Å²) in [6.07, 6.45) is 1.02. The summed E-state index contributed by atoms with van der Waals surface area (Å²) in [5, 5.41) is 7.71. The largest absolute Gasteiger partial charge is 0.464 e. The Bertz CT molecular complexity index is 470. The fourth-order valence-electron chi connectivity index (χ4n) is 1.65. The highest BCUT2D eigenvalue weighted by atomic mass is 16.5. The van der Waals surface area contributed by atoms with E-state index < -0.39 is 5.97 Å². The van der Waals surface area contributed by atoms with Gasteiger partial charge in [0.05, 0.1) is 19.4 Å². The second-order valence-electron chi connectivity index (χ2n) is 4.42. The summed E-state index contributed by atoms with van der Waals surface area (Å²) in [6.45, 7) is 0.696. The SMILES string of the molecule is COCc1c(C(=O)OC)nnn1CCCC(=O)N(C)C. The molecule has 0 unspecified atom stereocenters. The van der Waals surface area contributed by atoms with Crippen LogP contribution in [0.3, 0.4) is 0 Å². The monoisotopic (exact) mass is 284 g/mol. The van der Waals surface area contributed by atoms with E-state index in [4.69, 9.17) is 4.74 Å². The van der Waals surface area contributed by atoms with Gasteiger partial charge in [-0.05, 0) is 6.42 Å². The lowest BCUT2D eigenvalue weighted by Crippen LogP contribution is -2.22. The Morgan fingerprint density at radius 3 is 2.55 bits per heavy atom. The Kier molecular flexibility index (Phi) is 6.10. The molecule has 112 valence electrons. The van der Waals surface area contributed by atoms with Crippen molar-refractivity contribution >= 4 is 11.9 Å². The highest BCUT2D eigenvalue weighted by Crippen LogP contribution is 2.10. The summed E-state index contributed by atoms with van der Waals surface area (Å²) in [5.41, 5.74) is 0.699. The number of carbonyl (C=O) groups excluding carboxylic acids is 2. The van der Waals surface area contributed by atoms with E-state index in [1.54, 1.807) is 18.8 Å². The van der Waals surface area contributed by atoms with Gasteiger partial charge in [0.2, 0.25) is 5.91 Å². The van der Waals surface area contributed by atoms with Gasteiger partial charge in [-0.15, -0.1) is 5.10 Å². The predicted molar refractivity (Wildman–Crippen MR) is 70.0 cm³/mol. The van der Waals surface area contributed by atoms with Gasteiger partial charge in [-0.25, -0.2) is 9.48 Å². The average molecular weight is 284 g/mol. The van der Waals surface area contributed by atoms with E-state index in [-0.39, 0.29) is 18.2 Å². The van der Waals surface area contributed by atoms with Crippen molar-refractivity contribution in [1.82, 2.24) is 19.9 Å². The number of carbonyl (C=O) groups is 2. The molecule has 0 atom stereocenters. The van der Waals surface area contributed by atoms with E-state index in [9.17, 15) is 9.59 Å². The van der Waals surface area contributed by atoms with Crippen LogP contribution in [0.2, 0.25) is 0 Å². The van der Waals surface area contributed by atoms with Gasteiger partial charge in [0.15, 0.2) is 5.69 Å². The third-order valence-electron chi connectivity index (χ3n) is 2.76. The second kappa shape index (κ2) is 7.59. The van der Waals surface area contributed by atoms with E-state index >= 15 is 0 Å². The lowest BCUT2D eigenvalue weighted by molar-refractivity contribution is -0.128. The molecule has 0 N–H and O–H groups in total. The van der Waals surface area contributed by atoms with Crippen molar-refractivity contribution in [3.63, 3.8) is 0 Å². The number of rotatable bonds is 7. The molecule has 8 nitrogen and oxygen atoms in total. The number of ether oxygens (including phenoxy) is 2. The minimum absolute atomic E-state index is 0.0478. The molecule has 0 radical (unpaired) electrons. The van der Waals surface area contributed by atoms with Crippen LogP contribution in [-0.4, -0.2) is 60.1 Å². The molecule has 1 rings (SSSR count). The van der Waals surface area contributed by atoms with Crippen LogP contribution in [0.5, 0.6) is 0 Å². The van der Waals surface area contributed by atoms with Crippen LogP contribution < -0.4 is 0 Å². The number of amides is 1. The van der Waals surface area contributed by atoms with Crippen molar-refractivity contribution in [2.24, 2.45) is 0 Å². The lowest BCUT2D eigenvalue weighted by Gasteiger charge is -2.10. The smallest absolute Gasteiger partial charge is 0.360 e. The maximum atomic E-state index is 11.5. The fraction of sp³-hybridized carbons (Fsp3) is 0.667. The number of hydrogen-bond acceptors (Lipinski definition) is 6. The maximum Gasteiger partial charge on any atom is 0.360 e. The quantitative estimate of drug-likeness (QED) is 0.659. The van der Waals surface area contributed by atoms with Gasteiger partial charge in [0.25, 0.3) is 0 Å². The summed E-state index contributed by atoms with van der Waals surface area (Å²) in [6, 6.07) is 0. The number of methoxy groups -OCH3 is 2. The highest BCUT2D eigenvalue weighted by molar-refractivity contribution is 5.88. The molecular formula is C12H20N4O4. The fourth-order valence-corrected chi connectivity index (χ4v) is 1.65. The molecule has 0 saturated carbocycles. The summed E-state index contributed by atoms with van der Waals surface area (Å²) in [5.74, 6) is -0.501. The zero-order chi connectivity index (χ0) is 15.1. The zero-order valence-electron chi connectivity index (χ0n) is 12.3. The summed E-state index contributed by atoms with van der Waals surface area (Å²) in [7, 11) is 6.23. The Balaban J connectivity index is 2.72. The minimum Gasteiger partial charge on any atom is -0.464 e. The van der Waals surface area contributed by atoms with E-state index in [2.05, 4.69) is 15.0 Å². The van der Waals surface area contributed by atoms with Crippen molar-refractivity contribution in [1.29, 1.82) is 0 Å². The normalized spacial score (nSPS) is 10.4. The summed E-state index contributed by atoms with van der Waals surface area (Å²) >= 11 is 0. The highest BCUT2D eigenvalue weighted by Gasteiger charge is 2.20. The van der Waals surface area contributed by atoms with Crippen LogP contribution in [0.15, 0.2) is 0 Å². The lowest BCUT2D eigenvalue weighted by atomic mass is 10.2. The first-order chi connectivity index (χ1) is 9.51. The molecule has 0 bridgehead atoms. The van der Waals surface area contributed by atoms with E-state index in [1.165, 1.54) is 19.1 Å². The van der Waals surface area contributed by atoms with Crippen molar-refractivity contribution in [3.8, 4) is 0 Å². The standard InChI is InChI=1S/C12H20N4O4/c1-15(2)10(17)6-5-7-16-9(8-19-3)11(13-14-16)12(18)20-4/h5-8H2,1-4H3. The van der Waals surface area contributed by atoms with Crippen molar-refractivity contribution in [2.75, 3.05) is 28.3 Å². The van der Waals surface area contributed by atoms with E-state index in [1.807, 2.05) is 0 Å². The average Bonchev–Trinajstić information content (AvgIpc) is 2.81. The molecule has 1 heterocycles. The summed E-state index contributed by atoms with van der Waals surface area (Å²) < 4.78 is 11.3. The number of hydrogen-bond donors (Lipinski definition) is 0. The molecule has 0 aliphatic heterocycles. The second-order valence-corrected chi connectivity index (χ2v) is 4.42. The van der Waals surface area contributed by atoms with Crippen molar-refractivity contribution in [3.05, 3.63) is 11.4 Å². The number of nitrogens with zero attached hydrogens (tertiary/aromatic N) is 4. The first-order valence-electron chi connectivity index (χ1n) is 6.21. The van der Waals surface area contributed by atoms with Gasteiger partial charge >= 0.3 is 5.97 Å². The Morgan fingerprint density at radius 2 is 2.00 bits per heavy atom. The van der Waals surface area contributed by atoms with Gasteiger partial charge in [0, 0.05) is 34.2 Å². The Morgan fingerprint density at radius 1 is 1.30 bits per heavy atom. The van der Waals surface area contributed by atoms with Gasteiger partial charge in [-0.2, -0.15) is 0 Å². The molecule has 8 heteroatoms. The molecule has 0 aliphatic rings. The van der Waals surface area contributed by atoms with E-state index in [0.29, 0.717) is 25.1 Å². The van der Waals surface area contributed by atoms with Crippen LogP contribution in [0.1, 0.15) is 29.0 Å². The molecule has 0 aromatic carbocycles. The molecule has 1 aromatic heterocycles. The molecule has 0 fully saturated rings. The molecule has 0 aliphatic carbocycles. The van der Waals surface area contributed by atoms with Gasteiger partial charge in [-0.1, -0.05) is 5.21 Å². The molecular weight excluding hydrogens is 264 g/mol. The minimum atomic E-state index is -0.548. The predicted octanol–water partition coefficient (Wildman–Crippen LogP) is 0.0795. The van der Waals surface area contributed by atoms with Gasteiger partial charge in [0.1, 0.15) is 0 Å². The number of esters is 1. The summed E-state index contributed by atoms with van der Waals surface area (Å²) in [4.78, 5) is 24.6. The van der Waals surface area contributed by atoms with Gasteiger partial charge < -0.3 is 14.4 Å². The number of aromatic nitrogens is 3. The maximum absolute atomic E-state index is 11.5. The zero-order valence-corrected chi connectivity index (χ0v) is 12.3. The molecule has 20 heavy (non-hydrogen) atoms. The van der Waals surface area contributed by atoms with Crippen molar-refractivity contribution < 1.29 is 19.1 Å². The van der Waals surface area contributed by atoms with Crippen LogP contribution >= 0.6 is 0 Å². The first kappa shape index (κ1) is 16.1. The molecule has 1 amide bonds. The first-order valence-corrected chi connectivity index (χ1v) is 6.21. The Hall–Kier alpha value is -1.96. The van der Waals surface area contributed by atoms with Crippen molar-refractivity contribution in [2.45, 2.75) is 26.0 Å². The van der Waals surface area contributed by atoms with Crippen LogP contribution in [0.25, 0.3) is 0 Å². The molecule has 0 spiro atoms. The van der Waals surface area contributed by atoms with E-state index in [0.717, 1.165) is 0 Å². The number of aryl methyl sites for hydroxylation is 1. The molecule has 0 saturated heterocycles. The van der Waals surface area contributed by atoms with Crippen LogP contribution in [0.4, 0.5) is 0 Å².